The number of nitrogens with zero attached hydrogens (tertiary/aromatic N) is 1. The highest BCUT2D eigenvalue weighted by Crippen LogP contribution is 2.35. The average Bonchev–Trinajstić information content (AvgIpc) is 2.56. The lowest BCUT2D eigenvalue weighted by Crippen LogP contribution is -2.31. The number of rotatable bonds is 6. The molecule has 0 aromatic heterocycles. The van der Waals surface area contributed by atoms with Gasteiger partial charge in [-0.15, -0.1) is 0 Å². The highest BCUT2D eigenvalue weighted by Gasteiger charge is 2.10. The van der Waals surface area contributed by atoms with Crippen molar-refractivity contribution < 1.29 is 4.74 Å². The molecule has 2 aromatic carbocycles. The van der Waals surface area contributed by atoms with E-state index in [1.54, 1.807) is 6.21 Å². The average molecular weight is 506 g/mol. The van der Waals surface area contributed by atoms with Crippen molar-refractivity contribution in [2.75, 3.05) is 6.54 Å². The van der Waals surface area contributed by atoms with E-state index in [-0.39, 0.29) is 0 Å². The topological polar surface area (TPSA) is 45.7 Å². The number of halogens is 3. The first-order valence-corrected chi connectivity index (χ1v) is 9.80. The first kappa shape index (κ1) is 20.2. The van der Waals surface area contributed by atoms with Crippen molar-refractivity contribution in [1.82, 2.24) is 10.7 Å². The Morgan fingerprint density at radius 3 is 2.60 bits per heavy atom. The molecule has 0 bridgehead atoms. The Labute approximate surface area is 174 Å². The van der Waals surface area contributed by atoms with Gasteiger partial charge in [-0.25, -0.2) is 0 Å². The summed E-state index contributed by atoms with van der Waals surface area (Å²) < 4.78 is 7.51. The molecule has 0 aliphatic carbocycles. The summed E-state index contributed by atoms with van der Waals surface area (Å²) >= 11 is 18.3. The molecule has 4 nitrogen and oxygen atoms in total. The largest absolute Gasteiger partial charge is 0.486 e. The zero-order chi connectivity index (χ0) is 18.2. The molecular weight excluding hydrogens is 490 g/mol. The molecule has 8 heteroatoms. The molecule has 0 aliphatic rings. The van der Waals surface area contributed by atoms with Gasteiger partial charge in [-0.05, 0) is 74.8 Å². The molecule has 0 aliphatic heterocycles. The maximum absolute atomic E-state index is 6.16. The lowest BCUT2D eigenvalue weighted by Gasteiger charge is -2.12. The van der Waals surface area contributed by atoms with Gasteiger partial charge in [-0.2, -0.15) is 5.10 Å². The Hall–Kier alpha value is -1.15. The minimum atomic E-state index is 0.378. The van der Waals surface area contributed by atoms with Crippen molar-refractivity contribution in [1.29, 1.82) is 0 Å². The second-order valence-electron chi connectivity index (χ2n) is 4.92. The van der Waals surface area contributed by atoms with Crippen molar-refractivity contribution >= 4 is 67.0 Å². The molecule has 0 fully saturated rings. The van der Waals surface area contributed by atoms with Crippen molar-refractivity contribution in [2.24, 2.45) is 5.10 Å². The van der Waals surface area contributed by atoms with Gasteiger partial charge >= 0.3 is 0 Å². The molecule has 0 saturated carbocycles. The third-order valence-electron chi connectivity index (χ3n) is 3.07. The van der Waals surface area contributed by atoms with Gasteiger partial charge < -0.3 is 10.1 Å². The van der Waals surface area contributed by atoms with Crippen LogP contribution in [-0.2, 0) is 6.61 Å². The molecule has 0 spiro atoms. The molecule has 25 heavy (non-hydrogen) atoms. The summed E-state index contributed by atoms with van der Waals surface area (Å²) in [7, 11) is 0. The number of benzene rings is 2. The van der Waals surface area contributed by atoms with E-state index in [1.807, 2.05) is 43.3 Å². The molecular formula is C17H16Br2ClN3OS. The smallest absolute Gasteiger partial charge is 0.186 e. The van der Waals surface area contributed by atoms with E-state index in [1.165, 1.54) is 0 Å². The molecule has 0 atom stereocenters. The zero-order valence-electron chi connectivity index (χ0n) is 13.4. The number of nitrogens with one attached hydrogen (secondary N) is 2. The highest BCUT2D eigenvalue weighted by molar-refractivity contribution is 9.11. The van der Waals surface area contributed by atoms with Crippen LogP contribution in [0.2, 0.25) is 5.02 Å². The van der Waals surface area contributed by atoms with Crippen LogP contribution < -0.4 is 15.5 Å². The van der Waals surface area contributed by atoms with Crippen LogP contribution in [0.15, 0.2) is 50.4 Å². The van der Waals surface area contributed by atoms with Crippen LogP contribution in [0.4, 0.5) is 0 Å². The lowest BCUT2D eigenvalue weighted by molar-refractivity contribution is 0.302. The van der Waals surface area contributed by atoms with Crippen molar-refractivity contribution in [3.8, 4) is 5.75 Å². The second-order valence-corrected chi connectivity index (χ2v) is 7.45. The van der Waals surface area contributed by atoms with Crippen LogP contribution in [0.1, 0.15) is 18.1 Å². The summed E-state index contributed by atoms with van der Waals surface area (Å²) in [6.45, 7) is 3.09. The third-order valence-corrected chi connectivity index (χ3v) is 4.85. The summed E-state index contributed by atoms with van der Waals surface area (Å²) in [6.07, 6.45) is 1.68. The number of hydrazone groups is 1. The Morgan fingerprint density at radius 1 is 1.28 bits per heavy atom. The summed E-state index contributed by atoms with van der Waals surface area (Å²) in [5.41, 5.74) is 4.56. The predicted molar refractivity (Wildman–Crippen MR) is 115 cm³/mol. The van der Waals surface area contributed by atoms with E-state index in [4.69, 9.17) is 28.6 Å². The summed E-state index contributed by atoms with van der Waals surface area (Å²) in [5.74, 6) is 0.702. The van der Waals surface area contributed by atoms with Gasteiger partial charge in [0.05, 0.1) is 15.2 Å². The Balaban J connectivity index is 2.05. The van der Waals surface area contributed by atoms with Gasteiger partial charge in [0.1, 0.15) is 12.4 Å². The van der Waals surface area contributed by atoms with Gasteiger partial charge in [0.15, 0.2) is 5.11 Å². The van der Waals surface area contributed by atoms with E-state index in [2.05, 4.69) is 47.7 Å². The highest BCUT2D eigenvalue weighted by atomic mass is 79.9. The molecule has 2 aromatic rings. The van der Waals surface area contributed by atoms with Crippen LogP contribution in [-0.4, -0.2) is 17.9 Å². The number of hydrogen-bond acceptors (Lipinski definition) is 3. The molecule has 0 amide bonds. The molecule has 0 radical (unpaired) electrons. The van der Waals surface area contributed by atoms with Gasteiger partial charge in [0, 0.05) is 17.1 Å². The standard InChI is InChI=1S/C17H16Br2ClN3OS/c1-2-21-17(25)23-22-9-11-7-13(18)16(14(19)8-11)24-10-12-5-3-4-6-15(12)20/h3-9H,2,10H2,1H3,(H2,21,23,25)/b22-9-. The maximum Gasteiger partial charge on any atom is 0.186 e. The van der Waals surface area contributed by atoms with Gasteiger partial charge in [0.2, 0.25) is 0 Å². The van der Waals surface area contributed by atoms with Gasteiger partial charge in [-0.1, -0.05) is 29.8 Å². The van der Waals surface area contributed by atoms with Crippen LogP contribution in [0.25, 0.3) is 0 Å². The van der Waals surface area contributed by atoms with E-state index in [0.29, 0.717) is 22.5 Å². The molecule has 0 heterocycles. The normalized spacial score (nSPS) is 10.7. The van der Waals surface area contributed by atoms with E-state index < -0.39 is 0 Å². The number of thiocarbonyl (C=S) groups is 1. The molecule has 132 valence electrons. The van der Waals surface area contributed by atoms with Gasteiger partial charge in [0.25, 0.3) is 0 Å². The van der Waals surface area contributed by atoms with Crippen LogP contribution in [0, 0.1) is 0 Å². The molecule has 2 N–H and O–H groups in total. The Bertz CT molecular complexity index is 763. The van der Waals surface area contributed by atoms with E-state index in [0.717, 1.165) is 26.6 Å². The Kier molecular flexibility index (Phi) is 8.15. The fourth-order valence-corrected chi connectivity index (χ4v) is 3.76. The quantitative estimate of drug-likeness (QED) is 0.319. The summed E-state index contributed by atoms with van der Waals surface area (Å²) in [4.78, 5) is 0. The fourth-order valence-electron chi connectivity index (χ4n) is 1.92. The minimum absolute atomic E-state index is 0.378. The second kappa shape index (κ2) is 10.1. The third kappa shape index (κ3) is 6.26. The van der Waals surface area contributed by atoms with E-state index in [9.17, 15) is 0 Å². The monoisotopic (exact) mass is 503 g/mol. The van der Waals surface area contributed by atoms with Crippen LogP contribution in [0.5, 0.6) is 5.75 Å². The Morgan fingerprint density at radius 2 is 1.96 bits per heavy atom. The lowest BCUT2D eigenvalue weighted by atomic mass is 10.2. The van der Waals surface area contributed by atoms with Crippen molar-refractivity contribution in [3.63, 3.8) is 0 Å². The molecule has 0 unspecified atom stereocenters. The summed E-state index contributed by atoms with van der Waals surface area (Å²) in [5, 5.41) is 8.22. The first-order chi connectivity index (χ1) is 12.0. The molecule has 0 saturated heterocycles. The van der Waals surface area contributed by atoms with E-state index >= 15 is 0 Å². The fraction of sp³-hybridized carbons (Fsp3) is 0.176. The number of hydrogen-bond donors (Lipinski definition) is 2. The van der Waals surface area contributed by atoms with Crippen molar-refractivity contribution in [3.05, 3.63) is 61.5 Å². The van der Waals surface area contributed by atoms with Crippen LogP contribution >= 0.6 is 55.7 Å². The summed E-state index contributed by atoms with van der Waals surface area (Å²) in [6, 6.07) is 11.4. The SMILES string of the molecule is CCNC(=S)N/N=C\c1cc(Br)c(OCc2ccccc2Cl)c(Br)c1. The predicted octanol–water partition coefficient (Wildman–Crippen LogP) is 5.26. The first-order valence-electron chi connectivity index (χ1n) is 7.43. The minimum Gasteiger partial charge on any atom is -0.486 e. The van der Waals surface area contributed by atoms with Crippen LogP contribution in [0.3, 0.4) is 0 Å². The molecule has 2 rings (SSSR count). The maximum atomic E-state index is 6.16. The zero-order valence-corrected chi connectivity index (χ0v) is 18.1. The van der Waals surface area contributed by atoms with Crippen molar-refractivity contribution in [2.45, 2.75) is 13.5 Å². The van der Waals surface area contributed by atoms with Gasteiger partial charge in [-0.3, -0.25) is 5.43 Å². The number of ether oxygens (including phenoxy) is 1.